The van der Waals surface area contributed by atoms with E-state index in [1.165, 1.54) is 0 Å². The predicted molar refractivity (Wildman–Crippen MR) is 117 cm³/mol. The van der Waals surface area contributed by atoms with E-state index in [9.17, 15) is 18.0 Å². The molecule has 2 aromatic carbocycles. The number of hydrogen-bond acceptors (Lipinski definition) is 3. The number of carbonyl (C=O) groups is 1. The highest BCUT2D eigenvalue weighted by Gasteiger charge is 2.37. The lowest BCUT2D eigenvalue weighted by Gasteiger charge is -2.19. The molecule has 6 heteroatoms. The van der Waals surface area contributed by atoms with Crippen LogP contribution in [0.15, 0.2) is 54.1 Å². The molecule has 160 valence electrons. The summed E-state index contributed by atoms with van der Waals surface area (Å²) in [7, 11) is 0. The molecule has 0 saturated carbocycles. The third-order valence-corrected chi connectivity index (χ3v) is 7.01. The van der Waals surface area contributed by atoms with Gasteiger partial charge in [-0.15, -0.1) is 11.3 Å². The molecule has 1 aliphatic carbocycles. The van der Waals surface area contributed by atoms with Gasteiger partial charge in [-0.2, -0.15) is 13.2 Å². The molecule has 0 bridgehead atoms. The summed E-state index contributed by atoms with van der Waals surface area (Å²) in [4.78, 5) is 11.1. The minimum Gasteiger partial charge on any atom is -0.488 e. The molecule has 0 spiro atoms. The van der Waals surface area contributed by atoms with Gasteiger partial charge in [-0.1, -0.05) is 36.4 Å². The van der Waals surface area contributed by atoms with Crippen molar-refractivity contribution in [1.82, 2.24) is 0 Å². The van der Waals surface area contributed by atoms with E-state index in [0.717, 1.165) is 46.3 Å². The molecule has 4 rings (SSSR count). The highest BCUT2D eigenvalue weighted by Crippen LogP contribution is 2.45. The van der Waals surface area contributed by atoms with Crippen LogP contribution in [0.3, 0.4) is 0 Å². The van der Waals surface area contributed by atoms with Crippen LogP contribution in [0, 0.1) is 6.92 Å². The maximum Gasteiger partial charge on any atom is 0.426 e. The number of rotatable bonds is 5. The molecule has 0 aliphatic heterocycles. The van der Waals surface area contributed by atoms with Crippen molar-refractivity contribution in [3.63, 3.8) is 0 Å². The normalized spacial score (nSPS) is 13.8. The number of carbonyl (C=O) groups excluding carboxylic acids is 1. The Kier molecular flexibility index (Phi) is 5.75. The fourth-order valence-corrected chi connectivity index (χ4v) is 5.12. The van der Waals surface area contributed by atoms with Crippen LogP contribution in [0.1, 0.15) is 39.8 Å². The van der Waals surface area contributed by atoms with E-state index >= 15 is 0 Å². The van der Waals surface area contributed by atoms with E-state index < -0.39 is 11.1 Å². The van der Waals surface area contributed by atoms with Crippen molar-refractivity contribution in [3.05, 3.63) is 80.5 Å². The molecule has 0 N–H and O–H groups in total. The van der Waals surface area contributed by atoms with Crippen LogP contribution in [0.5, 0.6) is 5.75 Å². The molecule has 2 nitrogen and oxygen atoms in total. The number of thiophene rings is 1. The highest BCUT2D eigenvalue weighted by atomic mass is 32.1. The Morgan fingerprint density at radius 2 is 1.81 bits per heavy atom. The first-order chi connectivity index (χ1) is 14.8. The van der Waals surface area contributed by atoms with Crippen molar-refractivity contribution >= 4 is 23.2 Å². The fraction of sp³-hybridized carbons (Fsp3) is 0.240. The number of ether oxygens (including phenoxy) is 1. The van der Waals surface area contributed by atoms with Crippen molar-refractivity contribution in [2.45, 2.75) is 39.5 Å². The molecule has 3 aromatic rings. The quantitative estimate of drug-likeness (QED) is 0.389. The first-order valence-corrected chi connectivity index (χ1v) is 10.8. The molecule has 1 heterocycles. The van der Waals surface area contributed by atoms with Gasteiger partial charge in [0.2, 0.25) is 0 Å². The van der Waals surface area contributed by atoms with Crippen molar-refractivity contribution in [1.29, 1.82) is 0 Å². The molecule has 1 aromatic heterocycles. The minimum absolute atomic E-state index is 0.0691. The molecule has 0 saturated heterocycles. The summed E-state index contributed by atoms with van der Waals surface area (Å²) in [5.74, 6) is 0.615. The third-order valence-electron chi connectivity index (χ3n) is 5.70. The lowest BCUT2D eigenvalue weighted by molar-refractivity contribution is -0.133. The monoisotopic (exact) mass is 442 g/mol. The van der Waals surface area contributed by atoms with E-state index in [0.29, 0.717) is 28.2 Å². The molecule has 0 fully saturated rings. The Bertz CT molecular complexity index is 1160. The zero-order chi connectivity index (χ0) is 22.2. The fourth-order valence-electron chi connectivity index (χ4n) is 4.01. The maximum atomic E-state index is 13.7. The molecular formula is C25H21F3O2S. The van der Waals surface area contributed by atoms with E-state index in [1.54, 1.807) is 37.3 Å². The summed E-state index contributed by atoms with van der Waals surface area (Å²) in [6.07, 6.45) is -2.09. The molecule has 0 atom stereocenters. The lowest BCUT2D eigenvalue weighted by atomic mass is 9.87. The van der Waals surface area contributed by atoms with Crippen LogP contribution >= 0.6 is 11.3 Å². The number of hydrogen-bond donors (Lipinski definition) is 0. The number of aryl methyl sites for hydroxylation is 1. The largest absolute Gasteiger partial charge is 0.488 e. The van der Waals surface area contributed by atoms with Crippen LogP contribution in [0.2, 0.25) is 0 Å². The average Bonchev–Trinajstić information content (AvgIpc) is 3.10. The van der Waals surface area contributed by atoms with Crippen molar-refractivity contribution in [3.8, 4) is 16.9 Å². The smallest absolute Gasteiger partial charge is 0.426 e. The van der Waals surface area contributed by atoms with Gasteiger partial charge in [-0.3, -0.25) is 4.79 Å². The van der Waals surface area contributed by atoms with Gasteiger partial charge in [0, 0.05) is 10.4 Å². The van der Waals surface area contributed by atoms with Gasteiger partial charge in [0.05, 0.1) is 0 Å². The zero-order valence-corrected chi connectivity index (χ0v) is 18.0. The number of fused-ring (bicyclic) bond motifs is 1. The van der Waals surface area contributed by atoms with Crippen LogP contribution in [0.25, 0.3) is 16.7 Å². The highest BCUT2D eigenvalue weighted by molar-refractivity contribution is 7.12. The summed E-state index contributed by atoms with van der Waals surface area (Å²) >= 11 is 0.743. The molecule has 0 radical (unpaired) electrons. The molecule has 0 unspecified atom stereocenters. The van der Waals surface area contributed by atoms with Gasteiger partial charge in [0.15, 0.2) is 0 Å². The van der Waals surface area contributed by atoms with Gasteiger partial charge < -0.3 is 4.74 Å². The molecule has 1 aliphatic rings. The summed E-state index contributed by atoms with van der Waals surface area (Å²) < 4.78 is 47.1. The van der Waals surface area contributed by atoms with E-state index in [4.69, 9.17) is 4.74 Å². The second-order valence-electron chi connectivity index (χ2n) is 7.59. The topological polar surface area (TPSA) is 26.3 Å². The maximum absolute atomic E-state index is 13.7. The van der Waals surface area contributed by atoms with Crippen molar-refractivity contribution in [2.24, 2.45) is 0 Å². The number of benzene rings is 2. The number of allylic oxidation sites excluding steroid dienone is 2. The van der Waals surface area contributed by atoms with Crippen LogP contribution in [0.4, 0.5) is 13.2 Å². The average molecular weight is 443 g/mol. The van der Waals surface area contributed by atoms with Crippen LogP contribution in [-0.2, 0) is 24.0 Å². The van der Waals surface area contributed by atoms with Gasteiger partial charge in [-0.05, 0) is 72.2 Å². The standard InChI is InChI=1S/C25H21F3O2S/c1-15-19(13-29)9-8-18-12-20(10-11-21(15)18)30-14-22-16(2)23(17-6-4-3-5-7-17)24(31-22)25(26,27)28/h3-7,10-13H,8-9,14H2,1-2H3. The second-order valence-corrected chi connectivity index (χ2v) is 8.70. The second kappa shape index (κ2) is 8.35. The summed E-state index contributed by atoms with van der Waals surface area (Å²) in [5, 5.41) is 0. The van der Waals surface area contributed by atoms with Crippen LogP contribution < -0.4 is 4.74 Å². The Hall–Kier alpha value is -2.86. The minimum atomic E-state index is -4.43. The first kappa shape index (κ1) is 21.4. The predicted octanol–water partition coefficient (Wildman–Crippen LogP) is 7.24. The number of alkyl halides is 3. The Morgan fingerprint density at radius 3 is 2.48 bits per heavy atom. The van der Waals surface area contributed by atoms with Gasteiger partial charge in [0.25, 0.3) is 0 Å². The van der Waals surface area contributed by atoms with Crippen molar-refractivity contribution in [2.75, 3.05) is 0 Å². The SMILES string of the molecule is CC1=C(C=O)CCc2cc(OCc3sc(C(F)(F)F)c(-c4ccccc4)c3C)ccc21. The van der Waals surface area contributed by atoms with Gasteiger partial charge in [-0.25, -0.2) is 0 Å². The number of halogens is 3. The molecule has 0 amide bonds. The van der Waals surface area contributed by atoms with E-state index in [1.807, 2.05) is 25.1 Å². The Morgan fingerprint density at radius 1 is 1.06 bits per heavy atom. The third kappa shape index (κ3) is 4.17. The molecular weight excluding hydrogens is 421 g/mol. The van der Waals surface area contributed by atoms with E-state index in [-0.39, 0.29) is 12.2 Å². The van der Waals surface area contributed by atoms with Crippen LogP contribution in [-0.4, -0.2) is 6.29 Å². The Labute approximate surface area is 183 Å². The summed E-state index contributed by atoms with van der Waals surface area (Å²) in [6.45, 7) is 3.72. The lowest BCUT2D eigenvalue weighted by Crippen LogP contribution is -2.05. The number of aldehydes is 1. The van der Waals surface area contributed by atoms with E-state index in [2.05, 4.69) is 0 Å². The summed E-state index contributed by atoms with van der Waals surface area (Å²) in [6, 6.07) is 14.3. The first-order valence-electron chi connectivity index (χ1n) is 9.95. The Balaban J connectivity index is 1.62. The van der Waals surface area contributed by atoms with Gasteiger partial charge in [0.1, 0.15) is 23.5 Å². The van der Waals surface area contributed by atoms with Crippen molar-refractivity contribution < 1.29 is 22.7 Å². The molecule has 31 heavy (non-hydrogen) atoms. The van der Waals surface area contributed by atoms with Gasteiger partial charge >= 0.3 is 6.18 Å². The zero-order valence-electron chi connectivity index (χ0n) is 17.2. The summed E-state index contributed by atoms with van der Waals surface area (Å²) in [5.41, 5.74) is 5.27.